The Morgan fingerprint density at radius 3 is 2.37 bits per heavy atom. The molecule has 3 amide bonds. The molecule has 0 radical (unpaired) electrons. The molecule has 1 aliphatic rings. The number of fused-ring (bicyclic) bond motifs is 1. The summed E-state index contributed by atoms with van der Waals surface area (Å²) in [5.74, 6) is -1.13. The quantitative estimate of drug-likeness (QED) is 0.573. The van der Waals surface area contributed by atoms with Crippen LogP contribution in [0.1, 0.15) is 51.9 Å². The highest BCUT2D eigenvalue weighted by atomic mass is 32.2. The summed E-state index contributed by atoms with van der Waals surface area (Å²) in [6, 6.07) is 5.87. The van der Waals surface area contributed by atoms with E-state index in [0.29, 0.717) is 24.0 Å². The van der Waals surface area contributed by atoms with E-state index in [2.05, 4.69) is 29.4 Å². The number of imide groups is 1. The first-order valence-corrected chi connectivity index (χ1v) is 13.4. The van der Waals surface area contributed by atoms with Gasteiger partial charge in [0.1, 0.15) is 5.00 Å². The first-order valence-electron chi connectivity index (χ1n) is 11.2. The van der Waals surface area contributed by atoms with E-state index in [1.165, 1.54) is 49.7 Å². The number of amides is 3. The van der Waals surface area contributed by atoms with E-state index >= 15 is 0 Å². The molecule has 2 heterocycles. The van der Waals surface area contributed by atoms with Gasteiger partial charge in [-0.3, -0.25) is 19.8 Å². The van der Waals surface area contributed by atoms with Crippen LogP contribution in [0, 0.1) is 0 Å². The number of nitrogens with one attached hydrogen (secondary N) is 2. The van der Waals surface area contributed by atoms with Crippen molar-refractivity contribution in [2.45, 2.75) is 44.7 Å². The van der Waals surface area contributed by atoms with Crippen molar-refractivity contribution < 1.29 is 27.5 Å². The van der Waals surface area contributed by atoms with E-state index in [4.69, 9.17) is 4.74 Å². The van der Waals surface area contributed by atoms with Gasteiger partial charge in [-0.05, 0) is 57.0 Å². The SMILES string of the molecule is CCOC(=O)NC(=O)c1c(NC(=O)c2ccc(S(=O)(=O)N(C)C)cc2)sc2c1CCN(C(C)C)C2. The summed E-state index contributed by atoms with van der Waals surface area (Å²) in [5, 5.41) is 5.34. The number of hydrogen-bond acceptors (Lipinski definition) is 8. The number of ether oxygens (including phenoxy) is 1. The number of benzene rings is 1. The van der Waals surface area contributed by atoms with Crippen LogP contribution in [-0.4, -0.2) is 68.8 Å². The maximum absolute atomic E-state index is 13.0. The predicted octanol–water partition coefficient (Wildman–Crippen LogP) is 2.90. The van der Waals surface area contributed by atoms with E-state index < -0.39 is 27.9 Å². The predicted molar refractivity (Wildman–Crippen MR) is 133 cm³/mol. The molecule has 0 spiro atoms. The van der Waals surface area contributed by atoms with E-state index in [9.17, 15) is 22.8 Å². The molecule has 35 heavy (non-hydrogen) atoms. The maximum atomic E-state index is 13.0. The largest absolute Gasteiger partial charge is 0.450 e. The highest BCUT2D eigenvalue weighted by Gasteiger charge is 2.30. The first-order chi connectivity index (χ1) is 16.4. The lowest BCUT2D eigenvalue weighted by Crippen LogP contribution is -2.36. The number of alkyl carbamates (subject to hydrolysis) is 1. The van der Waals surface area contributed by atoms with Crippen molar-refractivity contribution in [2.24, 2.45) is 0 Å². The lowest BCUT2D eigenvalue weighted by atomic mass is 10.0. The third-order valence-electron chi connectivity index (χ3n) is 5.66. The Hall–Kier alpha value is -2.80. The van der Waals surface area contributed by atoms with Crippen molar-refractivity contribution in [1.29, 1.82) is 0 Å². The molecule has 12 heteroatoms. The summed E-state index contributed by atoms with van der Waals surface area (Å²) >= 11 is 1.30. The van der Waals surface area contributed by atoms with E-state index in [0.717, 1.165) is 21.3 Å². The van der Waals surface area contributed by atoms with Crippen molar-refractivity contribution in [2.75, 3.05) is 32.6 Å². The highest BCUT2D eigenvalue weighted by Crippen LogP contribution is 2.38. The van der Waals surface area contributed by atoms with Gasteiger partial charge in [0.25, 0.3) is 11.8 Å². The lowest BCUT2D eigenvalue weighted by Gasteiger charge is -2.30. The second-order valence-corrected chi connectivity index (χ2v) is 11.7. The standard InChI is InChI=1S/C23H30N4O6S2/c1-6-33-23(30)25-21(29)19-17-11-12-27(14(2)3)13-18(17)34-22(19)24-20(28)15-7-9-16(10-8-15)35(31,32)26(4)5/h7-10,14H,6,11-13H2,1-5H3,(H,24,28)(H,25,29,30). The highest BCUT2D eigenvalue weighted by molar-refractivity contribution is 7.89. The summed E-state index contributed by atoms with van der Waals surface area (Å²) in [7, 11) is -0.768. The van der Waals surface area contributed by atoms with Gasteiger partial charge in [-0.15, -0.1) is 11.3 Å². The average molecular weight is 523 g/mol. The van der Waals surface area contributed by atoms with E-state index in [1.807, 2.05) is 0 Å². The van der Waals surface area contributed by atoms with Gasteiger partial charge in [-0.25, -0.2) is 17.5 Å². The Morgan fingerprint density at radius 1 is 1.14 bits per heavy atom. The molecule has 0 aliphatic carbocycles. The molecule has 1 aromatic heterocycles. The summed E-state index contributed by atoms with van der Waals surface area (Å²) < 4.78 is 30.5. The second kappa shape index (κ2) is 10.9. The first kappa shape index (κ1) is 26.8. The fourth-order valence-corrected chi connectivity index (χ4v) is 5.85. The van der Waals surface area contributed by atoms with Crippen LogP contribution < -0.4 is 10.6 Å². The molecule has 0 bridgehead atoms. The average Bonchev–Trinajstić information content (AvgIpc) is 3.16. The Bertz CT molecular complexity index is 1220. The van der Waals surface area contributed by atoms with Crippen molar-refractivity contribution in [3.63, 3.8) is 0 Å². The summed E-state index contributed by atoms with van der Waals surface area (Å²) in [6.45, 7) is 7.32. The maximum Gasteiger partial charge on any atom is 0.414 e. The number of anilines is 1. The van der Waals surface area contributed by atoms with Crippen LogP contribution in [0.3, 0.4) is 0 Å². The molecular formula is C23H30N4O6S2. The molecule has 0 atom stereocenters. The third-order valence-corrected chi connectivity index (χ3v) is 8.62. The minimum Gasteiger partial charge on any atom is -0.450 e. The number of thiophene rings is 1. The van der Waals surface area contributed by atoms with Crippen LogP contribution in [0.5, 0.6) is 0 Å². The second-order valence-electron chi connectivity index (χ2n) is 8.46. The molecule has 2 N–H and O–H groups in total. The number of sulfonamides is 1. The van der Waals surface area contributed by atoms with Gasteiger partial charge in [0.2, 0.25) is 10.0 Å². The van der Waals surface area contributed by atoms with Crippen LogP contribution in [-0.2, 0) is 27.7 Å². The smallest absolute Gasteiger partial charge is 0.414 e. The zero-order valence-electron chi connectivity index (χ0n) is 20.4. The van der Waals surface area contributed by atoms with Crippen LogP contribution in [0.4, 0.5) is 9.80 Å². The van der Waals surface area contributed by atoms with Gasteiger partial charge in [-0.1, -0.05) is 0 Å². The molecule has 0 saturated heterocycles. The minimum atomic E-state index is -3.62. The zero-order valence-corrected chi connectivity index (χ0v) is 22.0. The third kappa shape index (κ3) is 5.89. The van der Waals surface area contributed by atoms with E-state index in [-0.39, 0.29) is 22.6 Å². The molecular weight excluding hydrogens is 492 g/mol. The van der Waals surface area contributed by atoms with Crippen LogP contribution in [0.15, 0.2) is 29.2 Å². The fourth-order valence-electron chi connectivity index (χ4n) is 3.68. The molecule has 1 aromatic carbocycles. The lowest BCUT2D eigenvalue weighted by molar-refractivity contribution is 0.0924. The molecule has 0 saturated carbocycles. The fraction of sp³-hybridized carbons (Fsp3) is 0.435. The number of carbonyl (C=O) groups excluding carboxylic acids is 3. The summed E-state index contributed by atoms with van der Waals surface area (Å²) in [5.41, 5.74) is 1.28. The molecule has 0 fully saturated rings. The Kier molecular flexibility index (Phi) is 8.31. The van der Waals surface area contributed by atoms with Crippen molar-refractivity contribution in [3.05, 3.63) is 45.8 Å². The Balaban J connectivity index is 1.91. The van der Waals surface area contributed by atoms with Crippen LogP contribution in [0.2, 0.25) is 0 Å². The number of rotatable bonds is 7. The van der Waals surface area contributed by atoms with Gasteiger partial charge < -0.3 is 10.1 Å². The van der Waals surface area contributed by atoms with Crippen molar-refractivity contribution >= 4 is 44.3 Å². The molecule has 2 aromatic rings. The molecule has 0 unspecified atom stereocenters. The monoisotopic (exact) mass is 522 g/mol. The molecule has 1 aliphatic heterocycles. The number of carbonyl (C=O) groups is 3. The minimum absolute atomic E-state index is 0.0638. The van der Waals surface area contributed by atoms with Crippen molar-refractivity contribution in [1.82, 2.24) is 14.5 Å². The normalized spacial score (nSPS) is 14.0. The Labute approximate surface area is 209 Å². The summed E-state index contributed by atoms with van der Waals surface area (Å²) in [6.07, 6.45) is -0.255. The van der Waals surface area contributed by atoms with Gasteiger partial charge in [-0.2, -0.15) is 0 Å². The van der Waals surface area contributed by atoms with Gasteiger partial charge in [0.05, 0.1) is 17.1 Å². The van der Waals surface area contributed by atoms with Crippen LogP contribution in [0.25, 0.3) is 0 Å². The van der Waals surface area contributed by atoms with Gasteiger partial charge >= 0.3 is 6.09 Å². The van der Waals surface area contributed by atoms with Crippen LogP contribution >= 0.6 is 11.3 Å². The van der Waals surface area contributed by atoms with Gasteiger partial charge in [0.15, 0.2) is 0 Å². The molecule has 10 nitrogen and oxygen atoms in total. The number of nitrogens with zero attached hydrogens (tertiary/aromatic N) is 2. The summed E-state index contributed by atoms with van der Waals surface area (Å²) in [4.78, 5) is 41.1. The number of hydrogen-bond donors (Lipinski definition) is 2. The van der Waals surface area contributed by atoms with Gasteiger partial charge in [0, 0.05) is 43.7 Å². The Morgan fingerprint density at radius 2 is 1.80 bits per heavy atom. The zero-order chi connectivity index (χ0) is 25.9. The molecule has 190 valence electrons. The van der Waals surface area contributed by atoms with Crippen molar-refractivity contribution in [3.8, 4) is 0 Å². The van der Waals surface area contributed by atoms with E-state index in [1.54, 1.807) is 6.92 Å². The topological polar surface area (TPSA) is 125 Å². The molecule has 3 rings (SSSR count).